The second-order valence-corrected chi connectivity index (χ2v) is 4.92. The molecule has 0 unspecified atom stereocenters. The highest BCUT2D eigenvalue weighted by Crippen LogP contribution is 2.20. The molecule has 0 saturated heterocycles. The lowest BCUT2D eigenvalue weighted by atomic mass is 10.2. The fraction of sp³-hybridized carbons (Fsp3) is 0.0909. The van der Waals surface area contributed by atoms with Gasteiger partial charge in [-0.3, -0.25) is 10.1 Å². The van der Waals surface area contributed by atoms with Gasteiger partial charge in [0.05, 0.1) is 17.1 Å². The lowest BCUT2D eigenvalue weighted by molar-refractivity contribution is 0.102. The Balaban J connectivity index is 2.19. The number of benzene rings is 1. The van der Waals surface area contributed by atoms with E-state index in [4.69, 9.17) is 23.2 Å². The molecule has 1 aromatic heterocycles. The SMILES string of the molecule is O=C(Nc1nc(CCl)cs1)c1cc(Cl)ccc1F. The third kappa shape index (κ3) is 2.98. The van der Waals surface area contributed by atoms with Crippen molar-refractivity contribution >= 4 is 45.6 Å². The maximum Gasteiger partial charge on any atom is 0.260 e. The normalized spacial score (nSPS) is 10.4. The number of halogens is 3. The van der Waals surface area contributed by atoms with Crippen LogP contribution in [0.25, 0.3) is 0 Å². The lowest BCUT2D eigenvalue weighted by Crippen LogP contribution is -2.13. The van der Waals surface area contributed by atoms with Crippen LogP contribution in [0.15, 0.2) is 23.6 Å². The first-order chi connectivity index (χ1) is 8.60. The summed E-state index contributed by atoms with van der Waals surface area (Å²) in [5.41, 5.74) is 0.536. The van der Waals surface area contributed by atoms with E-state index in [0.29, 0.717) is 15.8 Å². The molecular formula is C11H7Cl2FN2OS. The van der Waals surface area contributed by atoms with Crippen molar-refractivity contribution in [2.45, 2.75) is 5.88 Å². The van der Waals surface area contributed by atoms with E-state index in [0.717, 1.165) is 6.07 Å². The Bertz CT molecular complexity index is 588. The van der Waals surface area contributed by atoms with Gasteiger partial charge >= 0.3 is 0 Å². The summed E-state index contributed by atoms with van der Waals surface area (Å²) in [5, 5.41) is 4.88. The number of alkyl halides is 1. The predicted molar refractivity (Wildman–Crippen MR) is 71.0 cm³/mol. The Morgan fingerprint density at radius 2 is 2.28 bits per heavy atom. The number of nitrogens with one attached hydrogen (secondary N) is 1. The molecule has 0 bridgehead atoms. The molecule has 0 radical (unpaired) electrons. The van der Waals surface area contributed by atoms with E-state index < -0.39 is 11.7 Å². The van der Waals surface area contributed by atoms with Gasteiger partial charge in [0, 0.05) is 10.4 Å². The van der Waals surface area contributed by atoms with Crippen LogP contribution in [0.1, 0.15) is 16.1 Å². The van der Waals surface area contributed by atoms with E-state index in [1.54, 1.807) is 5.38 Å². The molecule has 0 saturated carbocycles. The molecule has 0 atom stereocenters. The van der Waals surface area contributed by atoms with Crippen molar-refractivity contribution in [3.63, 3.8) is 0 Å². The number of rotatable bonds is 3. The molecule has 1 amide bonds. The fourth-order valence-electron chi connectivity index (χ4n) is 1.26. The van der Waals surface area contributed by atoms with E-state index >= 15 is 0 Å². The Morgan fingerprint density at radius 3 is 2.94 bits per heavy atom. The zero-order valence-corrected chi connectivity index (χ0v) is 11.2. The number of hydrogen-bond acceptors (Lipinski definition) is 3. The summed E-state index contributed by atoms with van der Waals surface area (Å²) in [6.45, 7) is 0. The number of aromatic nitrogens is 1. The van der Waals surface area contributed by atoms with Crippen LogP contribution in [0.3, 0.4) is 0 Å². The highest BCUT2D eigenvalue weighted by molar-refractivity contribution is 7.14. The number of carbonyl (C=O) groups excluding carboxylic acids is 1. The largest absolute Gasteiger partial charge is 0.298 e. The number of hydrogen-bond donors (Lipinski definition) is 1. The first kappa shape index (κ1) is 13.3. The molecule has 1 N–H and O–H groups in total. The molecule has 94 valence electrons. The summed E-state index contributed by atoms with van der Waals surface area (Å²) < 4.78 is 13.4. The van der Waals surface area contributed by atoms with Gasteiger partial charge in [-0.1, -0.05) is 11.6 Å². The van der Waals surface area contributed by atoms with Gasteiger partial charge in [-0.25, -0.2) is 9.37 Å². The molecule has 1 heterocycles. The molecule has 1 aromatic carbocycles. The quantitative estimate of drug-likeness (QED) is 0.873. The molecule has 0 fully saturated rings. The van der Waals surface area contributed by atoms with Gasteiger partial charge in [0.25, 0.3) is 5.91 Å². The highest BCUT2D eigenvalue weighted by atomic mass is 35.5. The highest BCUT2D eigenvalue weighted by Gasteiger charge is 2.14. The van der Waals surface area contributed by atoms with Crippen LogP contribution in [-0.2, 0) is 5.88 Å². The van der Waals surface area contributed by atoms with E-state index in [1.165, 1.54) is 23.5 Å². The monoisotopic (exact) mass is 304 g/mol. The maximum atomic E-state index is 13.4. The van der Waals surface area contributed by atoms with Crippen LogP contribution < -0.4 is 5.32 Å². The lowest BCUT2D eigenvalue weighted by Gasteiger charge is -2.03. The molecule has 7 heteroatoms. The minimum atomic E-state index is -0.633. The third-order valence-electron chi connectivity index (χ3n) is 2.08. The molecule has 0 spiro atoms. The molecule has 18 heavy (non-hydrogen) atoms. The number of nitrogens with zero attached hydrogens (tertiary/aromatic N) is 1. The van der Waals surface area contributed by atoms with Crippen LogP contribution in [0, 0.1) is 5.82 Å². The predicted octanol–water partition coefficient (Wildman–Crippen LogP) is 3.93. The van der Waals surface area contributed by atoms with Crippen molar-refractivity contribution < 1.29 is 9.18 Å². The summed E-state index contributed by atoms with van der Waals surface area (Å²) in [6.07, 6.45) is 0. The number of thiazole rings is 1. The zero-order chi connectivity index (χ0) is 13.1. The molecule has 0 aliphatic rings. The van der Waals surface area contributed by atoms with E-state index in [9.17, 15) is 9.18 Å². The maximum absolute atomic E-state index is 13.4. The van der Waals surface area contributed by atoms with Crippen LogP contribution in [-0.4, -0.2) is 10.9 Å². The topological polar surface area (TPSA) is 42.0 Å². The summed E-state index contributed by atoms with van der Waals surface area (Å²) in [7, 11) is 0. The average Bonchev–Trinajstić information content (AvgIpc) is 2.80. The summed E-state index contributed by atoms with van der Waals surface area (Å²) in [5.74, 6) is -0.964. The Hall–Kier alpha value is -1.17. The number of amides is 1. The molecular weight excluding hydrogens is 298 g/mol. The van der Waals surface area contributed by atoms with Crippen LogP contribution in [0.5, 0.6) is 0 Å². The standard InChI is InChI=1S/C11H7Cl2FN2OS/c12-4-7-5-18-11(15-7)16-10(17)8-3-6(13)1-2-9(8)14/h1-3,5H,4H2,(H,15,16,17). The first-order valence-electron chi connectivity index (χ1n) is 4.87. The van der Waals surface area contributed by atoms with Gasteiger partial charge in [-0.2, -0.15) is 0 Å². The minimum absolute atomic E-state index is 0.120. The molecule has 3 nitrogen and oxygen atoms in total. The number of anilines is 1. The summed E-state index contributed by atoms with van der Waals surface area (Å²) >= 11 is 12.5. The van der Waals surface area contributed by atoms with Gasteiger partial charge in [0.15, 0.2) is 5.13 Å². The first-order valence-corrected chi connectivity index (χ1v) is 6.66. The Labute approximate surface area is 117 Å². The zero-order valence-electron chi connectivity index (χ0n) is 8.91. The van der Waals surface area contributed by atoms with Crippen molar-refractivity contribution in [2.75, 3.05) is 5.32 Å². The second kappa shape index (κ2) is 5.65. The van der Waals surface area contributed by atoms with Crippen LogP contribution >= 0.6 is 34.5 Å². The van der Waals surface area contributed by atoms with E-state index in [-0.39, 0.29) is 11.4 Å². The van der Waals surface area contributed by atoms with Gasteiger partial charge < -0.3 is 0 Å². The summed E-state index contributed by atoms with van der Waals surface area (Å²) in [4.78, 5) is 15.9. The Morgan fingerprint density at radius 1 is 1.50 bits per heavy atom. The van der Waals surface area contributed by atoms with Crippen molar-refractivity contribution in [3.8, 4) is 0 Å². The molecule has 2 aromatic rings. The minimum Gasteiger partial charge on any atom is -0.298 e. The molecule has 0 aliphatic heterocycles. The van der Waals surface area contributed by atoms with Crippen molar-refractivity contribution in [1.82, 2.24) is 4.98 Å². The molecule has 2 rings (SSSR count). The smallest absolute Gasteiger partial charge is 0.260 e. The van der Waals surface area contributed by atoms with Gasteiger partial charge in [-0.15, -0.1) is 22.9 Å². The third-order valence-corrected chi connectivity index (χ3v) is 3.40. The summed E-state index contributed by atoms with van der Waals surface area (Å²) in [6, 6.07) is 3.79. The van der Waals surface area contributed by atoms with Crippen molar-refractivity contribution in [1.29, 1.82) is 0 Å². The van der Waals surface area contributed by atoms with Gasteiger partial charge in [0.2, 0.25) is 0 Å². The van der Waals surface area contributed by atoms with E-state index in [2.05, 4.69) is 10.3 Å². The molecule has 0 aliphatic carbocycles. The van der Waals surface area contributed by atoms with Gasteiger partial charge in [-0.05, 0) is 18.2 Å². The van der Waals surface area contributed by atoms with Crippen LogP contribution in [0.4, 0.5) is 9.52 Å². The fourth-order valence-corrected chi connectivity index (χ4v) is 2.37. The second-order valence-electron chi connectivity index (χ2n) is 3.36. The van der Waals surface area contributed by atoms with Crippen molar-refractivity contribution in [3.05, 3.63) is 45.7 Å². The Kier molecular flexibility index (Phi) is 4.16. The van der Waals surface area contributed by atoms with Gasteiger partial charge in [0.1, 0.15) is 5.82 Å². The van der Waals surface area contributed by atoms with Crippen molar-refractivity contribution in [2.24, 2.45) is 0 Å². The number of carbonyl (C=O) groups is 1. The average molecular weight is 305 g/mol. The van der Waals surface area contributed by atoms with Crippen LogP contribution in [0.2, 0.25) is 5.02 Å². The van der Waals surface area contributed by atoms with E-state index in [1.807, 2.05) is 0 Å².